The molecule has 0 unspecified atom stereocenters. The first-order valence-corrected chi connectivity index (χ1v) is 8.49. The first kappa shape index (κ1) is 17.1. The molecule has 132 valence electrons. The van der Waals surface area contributed by atoms with Gasteiger partial charge < -0.3 is 9.80 Å². The van der Waals surface area contributed by atoms with Gasteiger partial charge in [0.2, 0.25) is 11.8 Å². The number of aromatic amines is 1. The molecular weight excluding hydrogens is 318 g/mol. The van der Waals surface area contributed by atoms with Gasteiger partial charge in [0.15, 0.2) is 5.82 Å². The maximum Gasteiger partial charge on any atom is 0.246 e. The highest BCUT2D eigenvalue weighted by Gasteiger charge is 2.33. The number of nitrogens with one attached hydrogen (secondary N) is 1. The molecule has 3 rings (SSSR count). The number of aromatic nitrogens is 3. The van der Waals surface area contributed by atoms with Gasteiger partial charge in [-0.2, -0.15) is 5.10 Å². The summed E-state index contributed by atoms with van der Waals surface area (Å²) in [5, 5.41) is 6.82. The summed E-state index contributed by atoms with van der Waals surface area (Å²) in [7, 11) is 0. The molecule has 0 spiro atoms. The van der Waals surface area contributed by atoms with E-state index in [0.29, 0.717) is 25.2 Å². The minimum atomic E-state index is -0.0468. The molecule has 1 aliphatic heterocycles. The van der Waals surface area contributed by atoms with Crippen molar-refractivity contribution >= 4 is 17.5 Å². The molecule has 7 nitrogen and oxygen atoms in total. The zero-order chi connectivity index (χ0) is 18.0. The fraction of sp³-hybridized carbons (Fsp3) is 0.444. The van der Waals surface area contributed by atoms with Gasteiger partial charge >= 0.3 is 0 Å². The Labute approximate surface area is 147 Å². The second-order valence-electron chi connectivity index (χ2n) is 6.50. The lowest BCUT2D eigenvalue weighted by Gasteiger charge is -2.40. The molecule has 1 atom stereocenters. The van der Waals surface area contributed by atoms with Crippen LogP contribution in [0, 0.1) is 13.8 Å². The van der Waals surface area contributed by atoms with Gasteiger partial charge in [0, 0.05) is 31.1 Å². The largest absolute Gasteiger partial charge is 0.329 e. The van der Waals surface area contributed by atoms with Crippen LogP contribution in [0.5, 0.6) is 0 Å². The fourth-order valence-electron chi connectivity index (χ4n) is 3.15. The van der Waals surface area contributed by atoms with Crippen LogP contribution in [0.4, 0.5) is 5.69 Å². The SMILES string of the molecule is Cc1nc(CCC(=O)N2CC(=O)N(c3ccccc3C)C[C@H]2C)n[nH]1. The summed E-state index contributed by atoms with van der Waals surface area (Å²) in [5.74, 6) is 1.28. The number of carbonyl (C=O) groups excluding carboxylic acids is 2. The monoisotopic (exact) mass is 341 g/mol. The summed E-state index contributed by atoms with van der Waals surface area (Å²) in [6, 6.07) is 7.79. The lowest BCUT2D eigenvalue weighted by molar-refractivity contribution is -0.139. The number of aryl methyl sites for hydroxylation is 3. The van der Waals surface area contributed by atoms with Crippen molar-refractivity contribution in [2.75, 3.05) is 18.0 Å². The molecule has 7 heteroatoms. The molecule has 1 aromatic heterocycles. The Morgan fingerprint density at radius 1 is 1.32 bits per heavy atom. The second-order valence-corrected chi connectivity index (χ2v) is 6.50. The number of benzene rings is 1. The Morgan fingerprint density at radius 3 is 2.76 bits per heavy atom. The van der Waals surface area contributed by atoms with Gasteiger partial charge in [-0.3, -0.25) is 14.7 Å². The molecular formula is C18H23N5O2. The minimum Gasteiger partial charge on any atom is -0.329 e. The van der Waals surface area contributed by atoms with Gasteiger partial charge in [0.1, 0.15) is 12.4 Å². The number of carbonyl (C=O) groups is 2. The first-order valence-electron chi connectivity index (χ1n) is 8.49. The summed E-state index contributed by atoms with van der Waals surface area (Å²) in [4.78, 5) is 32.8. The molecule has 1 fully saturated rings. The lowest BCUT2D eigenvalue weighted by Crippen LogP contribution is -2.57. The van der Waals surface area contributed by atoms with Crippen molar-refractivity contribution in [3.8, 4) is 0 Å². The number of anilines is 1. The molecule has 2 heterocycles. The number of hydrogen-bond acceptors (Lipinski definition) is 4. The number of nitrogens with zero attached hydrogens (tertiary/aromatic N) is 4. The topological polar surface area (TPSA) is 82.2 Å². The smallest absolute Gasteiger partial charge is 0.246 e. The highest BCUT2D eigenvalue weighted by Crippen LogP contribution is 2.24. The molecule has 2 amide bonds. The van der Waals surface area contributed by atoms with Crippen LogP contribution in [-0.2, 0) is 16.0 Å². The predicted molar refractivity (Wildman–Crippen MR) is 94.1 cm³/mol. The summed E-state index contributed by atoms with van der Waals surface area (Å²) < 4.78 is 0. The van der Waals surface area contributed by atoms with E-state index < -0.39 is 0 Å². The standard InChI is InChI=1S/C18H23N5O2/c1-12-6-4-5-7-15(12)23-10-13(2)22(11-18(23)25)17(24)9-8-16-19-14(3)20-21-16/h4-7,13H,8-11H2,1-3H3,(H,19,20,21)/t13-/m1/s1. The van der Waals surface area contributed by atoms with Gasteiger partial charge in [0.25, 0.3) is 0 Å². The number of rotatable bonds is 4. The zero-order valence-corrected chi connectivity index (χ0v) is 14.8. The fourth-order valence-corrected chi connectivity index (χ4v) is 3.15. The maximum absolute atomic E-state index is 12.6. The number of amides is 2. The highest BCUT2D eigenvalue weighted by atomic mass is 16.2. The third-order valence-electron chi connectivity index (χ3n) is 4.52. The lowest BCUT2D eigenvalue weighted by atomic mass is 10.1. The van der Waals surface area contributed by atoms with Gasteiger partial charge in [-0.25, -0.2) is 4.98 Å². The van der Waals surface area contributed by atoms with E-state index in [4.69, 9.17) is 0 Å². The van der Waals surface area contributed by atoms with Crippen molar-refractivity contribution < 1.29 is 9.59 Å². The number of para-hydroxylation sites is 1. The van der Waals surface area contributed by atoms with Crippen molar-refractivity contribution in [2.45, 2.75) is 39.7 Å². The Hall–Kier alpha value is -2.70. The van der Waals surface area contributed by atoms with Crippen LogP contribution in [0.3, 0.4) is 0 Å². The Morgan fingerprint density at radius 2 is 2.08 bits per heavy atom. The Balaban J connectivity index is 1.64. The van der Waals surface area contributed by atoms with Crippen molar-refractivity contribution in [3.05, 3.63) is 41.5 Å². The van der Waals surface area contributed by atoms with E-state index >= 15 is 0 Å². The molecule has 0 saturated carbocycles. The third kappa shape index (κ3) is 3.70. The van der Waals surface area contributed by atoms with Gasteiger partial charge in [-0.05, 0) is 32.4 Å². The third-order valence-corrected chi connectivity index (χ3v) is 4.52. The maximum atomic E-state index is 12.6. The first-order chi connectivity index (χ1) is 12.0. The molecule has 0 bridgehead atoms. The zero-order valence-electron chi connectivity index (χ0n) is 14.8. The molecule has 2 aromatic rings. The van der Waals surface area contributed by atoms with Crippen LogP contribution in [-0.4, -0.2) is 51.0 Å². The number of hydrogen-bond donors (Lipinski definition) is 1. The van der Waals surface area contributed by atoms with Crippen LogP contribution in [0.2, 0.25) is 0 Å². The van der Waals surface area contributed by atoms with Crippen LogP contribution < -0.4 is 4.90 Å². The quantitative estimate of drug-likeness (QED) is 0.916. The molecule has 1 saturated heterocycles. The summed E-state index contributed by atoms with van der Waals surface area (Å²) >= 11 is 0. The molecule has 1 N–H and O–H groups in total. The molecule has 25 heavy (non-hydrogen) atoms. The average Bonchev–Trinajstić information content (AvgIpc) is 3.00. The van der Waals surface area contributed by atoms with E-state index in [2.05, 4.69) is 15.2 Å². The van der Waals surface area contributed by atoms with Gasteiger partial charge in [-0.15, -0.1) is 0 Å². The van der Waals surface area contributed by atoms with E-state index in [1.807, 2.05) is 45.0 Å². The molecule has 0 radical (unpaired) electrons. The van der Waals surface area contributed by atoms with Gasteiger partial charge in [-0.1, -0.05) is 18.2 Å². The highest BCUT2D eigenvalue weighted by molar-refractivity contribution is 5.98. The minimum absolute atomic E-state index is 0.0290. The van der Waals surface area contributed by atoms with Crippen molar-refractivity contribution in [1.29, 1.82) is 0 Å². The average molecular weight is 341 g/mol. The van der Waals surface area contributed by atoms with Crippen LogP contribution in [0.1, 0.15) is 30.6 Å². The van der Waals surface area contributed by atoms with Crippen LogP contribution in [0.25, 0.3) is 0 Å². The second kappa shape index (κ2) is 7.04. The van der Waals surface area contributed by atoms with Crippen molar-refractivity contribution in [3.63, 3.8) is 0 Å². The summed E-state index contributed by atoms with van der Waals surface area (Å²) in [6.45, 7) is 6.41. The number of H-pyrrole nitrogens is 1. The Kier molecular flexibility index (Phi) is 4.83. The van der Waals surface area contributed by atoms with E-state index in [1.165, 1.54) is 0 Å². The van der Waals surface area contributed by atoms with Crippen LogP contribution in [0.15, 0.2) is 24.3 Å². The van der Waals surface area contributed by atoms with E-state index in [0.717, 1.165) is 17.1 Å². The van der Waals surface area contributed by atoms with E-state index in [9.17, 15) is 9.59 Å². The molecule has 0 aliphatic carbocycles. The number of piperazine rings is 1. The predicted octanol–water partition coefficient (Wildman–Crippen LogP) is 1.62. The van der Waals surface area contributed by atoms with E-state index in [-0.39, 0.29) is 24.4 Å². The van der Waals surface area contributed by atoms with Crippen LogP contribution >= 0.6 is 0 Å². The van der Waals surface area contributed by atoms with Crippen molar-refractivity contribution in [1.82, 2.24) is 20.1 Å². The van der Waals surface area contributed by atoms with Gasteiger partial charge in [0.05, 0.1) is 0 Å². The normalized spacial score (nSPS) is 17.9. The summed E-state index contributed by atoms with van der Waals surface area (Å²) in [5.41, 5.74) is 1.98. The van der Waals surface area contributed by atoms with Crippen molar-refractivity contribution in [2.24, 2.45) is 0 Å². The van der Waals surface area contributed by atoms with E-state index in [1.54, 1.807) is 9.80 Å². The Bertz CT molecular complexity index is 785. The molecule has 1 aromatic carbocycles. The summed E-state index contributed by atoms with van der Waals surface area (Å²) in [6.07, 6.45) is 0.779. The molecule has 1 aliphatic rings.